The molecule has 8 heteroatoms. The molecule has 2 aromatic carbocycles. The van der Waals surface area contributed by atoms with Crippen LogP contribution in [0, 0.1) is 0 Å². The van der Waals surface area contributed by atoms with Crippen LogP contribution in [-0.4, -0.2) is 18.3 Å². The molecule has 0 spiro atoms. The van der Waals surface area contributed by atoms with E-state index < -0.39 is 23.9 Å². The van der Waals surface area contributed by atoms with Gasteiger partial charge in [-0.15, -0.1) is 0 Å². The second kappa shape index (κ2) is 6.06. The van der Waals surface area contributed by atoms with E-state index in [4.69, 9.17) is 11.6 Å². The minimum Gasteiger partial charge on any atom is -0.260 e. The third kappa shape index (κ3) is 2.97. The maximum Gasteiger partial charge on any atom is 0.454 e. The first kappa shape index (κ1) is 18.3. The number of hydrogen-bond donors (Lipinski definition) is 0. The summed E-state index contributed by atoms with van der Waals surface area (Å²) in [7, 11) is 0. The zero-order valence-electron chi connectivity index (χ0n) is 12.4. The number of alkyl halides is 5. The summed E-state index contributed by atoms with van der Waals surface area (Å²) in [5.41, 5.74) is -2.18. The van der Waals surface area contributed by atoms with Gasteiger partial charge in [0.25, 0.3) is 0 Å². The van der Waals surface area contributed by atoms with Crippen molar-refractivity contribution in [2.45, 2.75) is 23.9 Å². The van der Waals surface area contributed by atoms with Crippen LogP contribution >= 0.6 is 27.5 Å². The fourth-order valence-electron chi connectivity index (χ4n) is 2.90. The lowest BCUT2D eigenvalue weighted by atomic mass is 9.69. The van der Waals surface area contributed by atoms with E-state index in [1.807, 2.05) is 0 Å². The number of benzene rings is 2. The zero-order valence-corrected chi connectivity index (χ0v) is 14.8. The van der Waals surface area contributed by atoms with Crippen LogP contribution < -0.4 is 0 Å². The van der Waals surface area contributed by atoms with Gasteiger partial charge < -0.3 is 0 Å². The largest absolute Gasteiger partial charge is 0.454 e. The summed E-state index contributed by atoms with van der Waals surface area (Å²) in [5, 5.41) is 0.241. The molecule has 0 N–H and O–H groups in total. The van der Waals surface area contributed by atoms with Crippen LogP contribution in [0.3, 0.4) is 0 Å². The van der Waals surface area contributed by atoms with Crippen LogP contribution in [-0.2, 0) is 11.8 Å². The van der Waals surface area contributed by atoms with Crippen molar-refractivity contribution >= 4 is 39.4 Å². The Balaban J connectivity index is 2.24. The summed E-state index contributed by atoms with van der Waals surface area (Å²) in [6.07, 6.45) is -5.57. The molecular formula is C17H10BrClF5N. The van der Waals surface area contributed by atoms with Crippen LogP contribution in [0.5, 0.6) is 0 Å². The van der Waals surface area contributed by atoms with Gasteiger partial charge >= 0.3 is 12.1 Å². The Hall–Kier alpha value is -1.47. The van der Waals surface area contributed by atoms with Crippen LogP contribution in [0.2, 0.25) is 5.02 Å². The van der Waals surface area contributed by atoms with Crippen LogP contribution in [0.15, 0.2) is 51.9 Å². The van der Waals surface area contributed by atoms with Gasteiger partial charge in [0.1, 0.15) is 5.41 Å². The number of halogens is 7. The molecule has 0 saturated carbocycles. The number of aliphatic imine (C=N–C) groups is 1. The topological polar surface area (TPSA) is 12.4 Å². The molecule has 0 aliphatic carbocycles. The number of rotatable bonds is 2. The van der Waals surface area contributed by atoms with Crippen molar-refractivity contribution in [1.82, 2.24) is 0 Å². The average Bonchev–Trinajstić information content (AvgIpc) is 2.53. The van der Waals surface area contributed by atoms with Crippen molar-refractivity contribution < 1.29 is 22.0 Å². The van der Waals surface area contributed by atoms with Crippen LogP contribution in [0.4, 0.5) is 27.6 Å². The molecule has 3 rings (SSSR count). The minimum atomic E-state index is -5.73. The molecule has 0 amide bonds. The molecule has 132 valence electrons. The third-order valence-corrected chi connectivity index (χ3v) is 4.96. The maximum atomic E-state index is 14.6. The molecule has 2 aromatic rings. The van der Waals surface area contributed by atoms with Crippen molar-refractivity contribution in [3.05, 3.63) is 63.1 Å². The monoisotopic (exact) mass is 437 g/mol. The predicted molar refractivity (Wildman–Crippen MR) is 90.1 cm³/mol. The molecule has 0 radical (unpaired) electrons. The molecule has 0 bridgehead atoms. The highest BCUT2D eigenvalue weighted by Crippen LogP contribution is 2.53. The second-order valence-electron chi connectivity index (χ2n) is 5.76. The first-order chi connectivity index (χ1) is 11.6. The van der Waals surface area contributed by atoms with Crippen molar-refractivity contribution in [2.75, 3.05) is 0 Å². The Morgan fingerprint density at radius 3 is 2.24 bits per heavy atom. The van der Waals surface area contributed by atoms with E-state index in [9.17, 15) is 22.0 Å². The number of nitrogens with zero attached hydrogens (tertiary/aromatic N) is 1. The molecule has 0 unspecified atom stereocenters. The van der Waals surface area contributed by atoms with Crippen molar-refractivity contribution in [1.29, 1.82) is 0 Å². The summed E-state index contributed by atoms with van der Waals surface area (Å²) >= 11 is 8.96. The molecule has 1 heterocycles. The SMILES string of the molecule is FC(F)(F)C(F)(F)[C@]1(c2ccc(Cl)cc2)C=Nc2ccc(Br)cc2C1. The Kier molecular flexibility index (Phi) is 4.44. The lowest BCUT2D eigenvalue weighted by Crippen LogP contribution is -2.57. The van der Waals surface area contributed by atoms with E-state index in [1.165, 1.54) is 30.3 Å². The van der Waals surface area contributed by atoms with Crippen LogP contribution in [0.25, 0.3) is 0 Å². The van der Waals surface area contributed by atoms with E-state index in [1.54, 1.807) is 12.1 Å². The summed E-state index contributed by atoms with van der Waals surface area (Å²) in [6.45, 7) is 0. The highest BCUT2D eigenvalue weighted by Gasteiger charge is 2.70. The van der Waals surface area contributed by atoms with Crippen molar-refractivity contribution in [3.8, 4) is 0 Å². The predicted octanol–water partition coefficient (Wildman–Crippen LogP) is 6.50. The molecule has 0 fully saturated rings. The molecule has 1 aliphatic rings. The fraction of sp³-hybridized carbons (Fsp3) is 0.235. The Labute approximate surface area is 153 Å². The van der Waals surface area contributed by atoms with Crippen LogP contribution in [0.1, 0.15) is 11.1 Å². The van der Waals surface area contributed by atoms with Crippen molar-refractivity contribution in [3.63, 3.8) is 0 Å². The molecule has 0 saturated heterocycles. The Bertz CT molecular complexity index is 832. The van der Waals surface area contributed by atoms with Gasteiger partial charge in [0.15, 0.2) is 0 Å². The summed E-state index contributed by atoms with van der Waals surface area (Å²) in [5.74, 6) is -5.02. The lowest BCUT2D eigenvalue weighted by Gasteiger charge is -2.40. The highest BCUT2D eigenvalue weighted by molar-refractivity contribution is 9.10. The lowest BCUT2D eigenvalue weighted by molar-refractivity contribution is -0.299. The number of hydrogen-bond acceptors (Lipinski definition) is 1. The number of fused-ring (bicyclic) bond motifs is 1. The molecular weight excluding hydrogens is 429 g/mol. The highest BCUT2D eigenvalue weighted by atomic mass is 79.9. The Morgan fingerprint density at radius 1 is 1.00 bits per heavy atom. The summed E-state index contributed by atoms with van der Waals surface area (Å²) < 4.78 is 69.5. The van der Waals surface area contributed by atoms with Crippen molar-refractivity contribution in [2.24, 2.45) is 4.99 Å². The van der Waals surface area contributed by atoms with E-state index in [2.05, 4.69) is 20.9 Å². The summed E-state index contributed by atoms with van der Waals surface area (Å²) in [4.78, 5) is 3.91. The van der Waals surface area contributed by atoms with Gasteiger partial charge in [-0.2, -0.15) is 22.0 Å². The second-order valence-corrected chi connectivity index (χ2v) is 7.11. The van der Waals surface area contributed by atoms with Gasteiger partial charge in [-0.25, -0.2) is 0 Å². The van der Waals surface area contributed by atoms with E-state index in [0.717, 1.165) is 0 Å². The zero-order chi connectivity index (χ0) is 18.5. The first-order valence-electron chi connectivity index (χ1n) is 7.11. The van der Waals surface area contributed by atoms with E-state index >= 15 is 0 Å². The molecule has 0 aromatic heterocycles. The molecule has 1 atom stereocenters. The van der Waals surface area contributed by atoms with Gasteiger partial charge in [-0.1, -0.05) is 39.7 Å². The normalized spacial score (nSPS) is 20.4. The smallest absolute Gasteiger partial charge is 0.260 e. The van der Waals surface area contributed by atoms with E-state index in [0.29, 0.717) is 21.9 Å². The molecule has 1 aliphatic heterocycles. The van der Waals surface area contributed by atoms with Gasteiger partial charge in [-0.05, 0) is 47.9 Å². The molecule has 25 heavy (non-hydrogen) atoms. The van der Waals surface area contributed by atoms with Gasteiger partial charge in [0.05, 0.1) is 5.69 Å². The summed E-state index contributed by atoms with van der Waals surface area (Å²) in [6, 6.07) is 9.64. The quantitative estimate of drug-likeness (QED) is 0.475. The van der Waals surface area contributed by atoms with Gasteiger partial charge in [-0.3, -0.25) is 4.99 Å². The first-order valence-corrected chi connectivity index (χ1v) is 8.28. The fourth-order valence-corrected chi connectivity index (χ4v) is 3.43. The van der Waals surface area contributed by atoms with E-state index in [-0.39, 0.29) is 10.6 Å². The minimum absolute atomic E-state index is 0.200. The van der Waals surface area contributed by atoms with Gasteiger partial charge in [0.2, 0.25) is 0 Å². The third-order valence-electron chi connectivity index (χ3n) is 4.21. The average molecular weight is 439 g/mol. The Morgan fingerprint density at radius 2 is 1.64 bits per heavy atom. The maximum absolute atomic E-state index is 14.6. The molecule has 1 nitrogen and oxygen atoms in total. The standard InChI is InChI=1S/C17H10BrClF5N/c18-12-3-6-14-10(7-12)8-15(9-25-14,16(20,21)17(22,23)24)11-1-4-13(19)5-2-11/h1-7,9H,8H2/t15-/m0/s1. The van der Waals surface area contributed by atoms with Gasteiger partial charge in [0, 0.05) is 15.7 Å².